The second-order valence-electron chi connectivity index (χ2n) is 6.26. The molecule has 0 aliphatic rings. The third-order valence-electron chi connectivity index (χ3n) is 4.24. The van der Waals surface area contributed by atoms with Crippen LogP contribution in [0.15, 0.2) is 45.5 Å². The van der Waals surface area contributed by atoms with Gasteiger partial charge in [0.15, 0.2) is 0 Å². The van der Waals surface area contributed by atoms with Crippen molar-refractivity contribution < 1.29 is 18.1 Å². The molecule has 1 atom stereocenters. The van der Waals surface area contributed by atoms with Gasteiger partial charge >= 0.3 is 0 Å². The number of aromatic nitrogens is 1. The Hall–Kier alpha value is -2.64. The minimum atomic E-state index is -0.577. The fourth-order valence-corrected chi connectivity index (χ4v) is 3.08. The first-order valence-electron chi connectivity index (χ1n) is 8.28. The van der Waals surface area contributed by atoms with E-state index >= 15 is 0 Å². The minimum Gasteiger partial charge on any atom is -0.468 e. The number of amides is 1. The molecule has 0 spiro atoms. The van der Waals surface area contributed by atoms with Crippen LogP contribution >= 0.6 is 11.6 Å². The summed E-state index contributed by atoms with van der Waals surface area (Å²) in [7, 11) is 3.77. The van der Waals surface area contributed by atoms with Crippen LogP contribution in [0.2, 0.25) is 5.02 Å². The second kappa shape index (κ2) is 7.94. The molecule has 0 bridgehead atoms. The molecule has 0 aliphatic carbocycles. The fraction of sp³-hybridized carbons (Fsp3) is 0.263. The molecule has 1 aromatic carbocycles. The average Bonchev–Trinajstić information content (AvgIpc) is 3.25. The van der Waals surface area contributed by atoms with E-state index in [0.29, 0.717) is 0 Å². The first-order valence-corrected chi connectivity index (χ1v) is 8.66. The van der Waals surface area contributed by atoms with Crippen LogP contribution in [0.5, 0.6) is 0 Å². The van der Waals surface area contributed by atoms with Crippen LogP contribution in [0, 0.1) is 12.7 Å². The van der Waals surface area contributed by atoms with Crippen LogP contribution in [-0.4, -0.2) is 36.6 Å². The minimum absolute atomic E-state index is 0.0383. The van der Waals surface area contributed by atoms with E-state index in [9.17, 15) is 9.18 Å². The number of nitrogens with zero attached hydrogens (tertiary/aromatic N) is 2. The summed E-state index contributed by atoms with van der Waals surface area (Å²) in [6.07, 6.45) is 1.58. The van der Waals surface area contributed by atoms with Gasteiger partial charge in [0.05, 0.1) is 22.9 Å². The van der Waals surface area contributed by atoms with E-state index in [1.165, 1.54) is 18.2 Å². The predicted molar refractivity (Wildman–Crippen MR) is 99.1 cm³/mol. The van der Waals surface area contributed by atoms with Gasteiger partial charge in [-0.2, -0.15) is 0 Å². The van der Waals surface area contributed by atoms with Gasteiger partial charge in [-0.1, -0.05) is 22.8 Å². The molecule has 2 aromatic heterocycles. The Morgan fingerprint density at radius 2 is 2.11 bits per heavy atom. The normalized spacial score (nSPS) is 12.4. The number of aryl methyl sites for hydroxylation is 1. The molecule has 0 fully saturated rings. The quantitative estimate of drug-likeness (QED) is 0.685. The molecule has 6 nitrogen and oxygen atoms in total. The number of likely N-dealkylation sites (N-methyl/N-ethyl adjacent to an activating group) is 1. The van der Waals surface area contributed by atoms with Crippen LogP contribution in [0.1, 0.15) is 27.9 Å². The summed E-state index contributed by atoms with van der Waals surface area (Å²) >= 11 is 6.11. The van der Waals surface area contributed by atoms with Gasteiger partial charge in [0.2, 0.25) is 0 Å². The number of hydrogen-bond acceptors (Lipinski definition) is 5. The monoisotopic (exact) mass is 391 g/mol. The second-order valence-corrected chi connectivity index (χ2v) is 6.67. The van der Waals surface area contributed by atoms with Crippen LogP contribution in [0.3, 0.4) is 0 Å². The van der Waals surface area contributed by atoms with Crippen LogP contribution < -0.4 is 5.32 Å². The Bertz CT molecular complexity index is 918. The van der Waals surface area contributed by atoms with E-state index in [1.54, 1.807) is 19.3 Å². The molecule has 1 amide bonds. The van der Waals surface area contributed by atoms with Crippen molar-refractivity contribution in [3.05, 3.63) is 64.5 Å². The van der Waals surface area contributed by atoms with Gasteiger partial charge in [-0.3, -0.25) is 9.69 Å². The van der Waals surface area contributed by atoms with Crippen LogP contribution in [0.25, 0.3) is 11.3 Å². The lowest BCUT2D eigenvalue weighted by Crippen LogP contribution is -2.34. The molecule has 1 N–H and O–H groups in total. The smallest absolute Gasteiger partial charge is 0.257 e. The number of nitrogens with one attached hydrogen (secondary N) is 1. The largest absolute Gasteiger partial charge is 0.468 e. The van der Waals surface area contributed by atoms with Crippen molar-refractivity contribution in [2.75, 3.05) is 20.6 Å². The van der Waals surface area contributed by atoms with E-state index in [-0.39, 0.29) is 40.2 Å². The van der Waals surface area contributed by atoms with Gasteiger partial charge in [0.1, 0.15) is 28.6 Å². The Labute approximate surface area is 160 Å². The van der Waals surface area contributed by atoms with E-state index in [1.807, 2.05) is 25.1 Å². The summed E-state index contributed by atoms with van der Waals surface area (Å²) in [5.41, 5.74) is 0.266. The van der Waals surface area contributed by atoms with Gasteiger partial charge < -0.3 is 14.3 Å². The van der Waals surface area contributed by atoms with E-state index < -0.39 is 11.7 Å². The fourth-order valence-electron chi connectivity index (χ4n) is 2.83. The number of halogens is 2. The molecule has 0 aliphatic heterocycles. The summed E-state index contributed by atoms with van der Waals surface area (Å²) in [5.74, 6) is -0.00554. The lowest BCUT2D eigenvalue weighted by molar-refractivity contribution is 0.0938. The number of carbonyl (C=O) groups excluding carboxylic acids is 1. The van der Waals surface area contributed by atoms with Gasteiger partial charge in [-0.25, -0.2) is 4.39 Å². The van der Waals surface area contributed by atoms with Gasteiger partial charge in [0, 0.05) is 6.54 Å². The van der Waals surface area contributed by atoms with Crippen molar-refractivity contribution in [3.63, 3.8) is 0 Å². The van der Waals surface area contributed by atoms with Crippen molar-refractivity contribution in [3.8, 4) is 11.3 Å². The molecule has 142 valence electrons. The summed E-state index contributed by atoms with van der Waals surface area (Å²) in [5, 5.41) is 6.84. The third kappa shape index (κ3) is 3.89. The van der Waals surface area contributed by atoms with Crippen molar-refractivity contribution in [2.24, 2.45) is 0 Å². The van der Waals surface area contributed by atoms with Gasteiger partial charge in [0.25, 0.3) is 5.91 Å². The topological polar surface area (TPSA) is 71.5 Å². The van der Waals surface area contributed by atoms with Gasteiger partial charge in [-0.15, -0.1) is 0 Å². The Kier molecular flexibility index (Phi) is 5.62. The Balaban J connectivity index is 1.87. The van der Waals surface area contributed by atoms with E-state index in [2.05, 4.69) is 10.5 Å². The molecule has 0 saturated carbocycles. The van der Waals surface area contributed by atoms with Crippen LogP contribution in [-0.2, 0) is 0 Å². The summed E-state index contributed by atoms with van der Waals surface area (Å²) < 4.78 is 24.9. The maximum absolute atomic E-state index is 14.3. The SMILES string of the molecule is Cc1onc(-c2c(F)cccc2Cl)c1C(=O)NCC(c1ccco1)N(C)C. The number of rotatable bonds is 6. The third-order valence-corrected chi connectivity index (χ3v) is 4.56. The zero-order valence-corrected chi connectivity index (χ0v) is 15.9. The van der Waals surface area contributed by atoms with Crippen molar-refractivity contribution in [1.82, 2.24) is 15.4 Å². The highest BCUT2D eigenvalue weighted by molar-refractivity contribution is 6.33. The highest BCUT2D eigenvalue weighted by Gasteiger charge is 2.26. The van der Waals surface area contributed by atoms with Crippen molar-refractivity contribution in [2.45, 2.75) is 13.0 Å². The number of benzene rings is 1. The lowest BCUT2D eigenvalue weighted by Gasteiger charge is -2.22. The number of furan rings is 1. The molecule has 0 saturated heterocycles. The molecule has 1 unspecified atom stereocenters. The zero-order chi connectivity index (χ0) is 19.6. The standard InChI is InChI=1S/C19H19ClFN3O3/c1-11-16(18(23-27-11)17-12(20)6-4-7-13(17)21)19(25)22-10-14(24(2)3)15-8-5-9-26-15/h4-9,14H,10H2,1-3H3,(H,22,25). The van der Waals surface area contributed by atoms with E-state index in [0.717, 1.165) is 5.76 Å². The molecule has 2 heterocycles. The van der Waals surface area contributed by atoms with Gasteiger partial charge in [-0.05, 0) is 45.3 Å². The highest BCUT2D eigenvalue weighted by atomic mass is 35.5. The average molecular weight is 392 g/mol. The molecular weight excluding hydrogens is 373 g/mol. The Morgan fingerprint density at radius 3 is 2.74 bits per heavy atom. The molecule has 8 heteroatoms. The summed E-state index contributed by atoms with van der Waals surface area (Å²) in [4.78, 5) is 14.7. The highest BCUT2D eigenvalue weighted by Crippen LogP contribution is 2.33. The maximum atomic E-state index is 14.3. The first kappa shape index (κ1) is 19.1. The first-order chi connectivity index (χ1) is 12.9. The molecule has 3 rings (SSSR count). The van der Waals surface area contributed by atoms with E-state index in [4.69, 9.17) is 20.5 Å². The predicted octanol–water partition coefficient (Wildman–Crippen LogP) is 4.07. The summed E-state index contributed by atoms with van der Waals surface area (Å²) in [6.45, 7) is 1.88. The van der Waals surface area contributed by atoms with Crippen molar-refractivity contribution in [1.29, 1.82) is 0 Å². The van der Waals surface area contributed by atoms with Crippen LogP contribution in [0.4, 0.5) is 4.39 Å². The number of carbonyl (C=O) groups is 1. The van der Waals surface area contributed by atoms with Crippen molar-refractivity contribution >= 4 is 17.5 Å². The number of hydrogen-bond donors (Lipinski definition) is 1. The maximum Gasteiger partial charge on any atom is 0.257 e. The summed E-state index contributed by atoms with van der Waals surface area (Å²) in [6, 6.07) is 7.74. The zero-order valence-electron chi connectivity index (χ0n) is 15.1. The molecule has 27 heavy (non-hydrogen) atoms. The molecular formula is C19H19ClFN3O3. The Morgan fingerprint density at radius 1 is 1.33 bits per heavy atom. The molecule has 3 aromatic rings. The lowest BCUT2D eigenvalue weighted by atomic mass is 10.0. The molecule has 0 radical (unpaired) electrons.